The molecule has 0 unspecified atom stereocenters. The second kappa shape index (κ2) is 7.85. The molecule has 1 heterocycles. The zero-order valence-electron chi connectivity index (χ0n) is 16.5. The molecule has 0 fully saturated rings. The maximum absolute atomic E-state index is 13.1. The summed E-state index contributed by atoms with van der Waals surface area (Å²) < 4.78 is 40.9. The fraction of sp³-hybridized carbons (Fsp3) is 0.0435. The number of carbonyl (C=O) groups excluding carboxylic acids is 1. The monoisotopic (exact) mass is 465 g/mol. The summed E-state index contributed by atoms with van der Waals surface area (Å²) in [5, 5.41) is 3.23. The van der Waals surface area contributed by atoms with Crippen LogP contribution in [0.25, 0.3) is 11.3 Å². The fourth-order valence-corrected chi connectivity index (χ4v) is 5.64. The Balaban J connectivity index is 1.39. The van der Waals surface area contributed by atoms with Gasteiger partial charge in [0.2, 0.25) is 0 Å². The smallest absolute Gasteiger partial charge is 0.261 e. The standard InChI is InChI=1S/C23H16FN3O3S2/c24-15-9-11-16(12-10-15)32(29,30)27-19-8-4-3-7-18(19)22(28)26-23-25-21-17-6-2-1-5-14(17)13-20(21)31-23/h1-12,27H,13H2,(H,25,26,28). The first-order valence-electron chi connectivity index (χ1n) is 9.67. The molecule has 3 aromatic carbocycles. The number of thiazole rings is 1. The van der Waals surface area contributed by atoms with Crippen LogP contribution in [0.3, 0.4) is 0 Å². The minimum absolute atomic E-state index is 0.107. The molecule has 5 rings (SSSR count). The van der Waals surface area contributed by atoms with E-state index in [4.69, 9.17) is 0 Å². The van der Waals surface area contributed by atoms with E-state index in [2.05, 4.69) is 21.1 Å². The molecular weight excluding hydrogens is 449 g/mol. The minimum Gasteiger partial charge on any atom is -0.298 e. The van der Waals surface area contributed by atoms with Gasteiger partial charge in [-0.3, -0.25) is 14.8 Å². The van der Waals surface area contributed by atoms with Gasteiger partial charge in [0.25, 0.3) is 15.9 Å². The predicted octanol–water partition coefficient (Wildman–Crippen LogP) is 4.91. The third-order valence-corrected chi connectivity index (χ3v) is 7.43. The average molecular weight is 466 g/mol. The van der Waals surface area contributed by atoms with E-state index in [1.165, 1.54) is 29.0 Å². The number of hydrogen-bond donors (Lipinski definition) is 2. The number of benzene rings is 3. The number of carbonyl (C=O) groups is 1. The van der Waals surface area contributed by atoms with Gasteiger partial charge in [0.1, 0.15) is 5.82 Å². The summed E-state index contributed by atoms with van der Waals surface area (Å²) in [6, 6.07) is 18.7. The van der Waals surface area contributed by atoms with Crippen molar-refractivity contribution in [2.75, 3.05) is 10.0 Å². The summed E-state index contributed by atoms with van der Waals surface area (Å²) in [6.07, 6.45) is 0.771. The van der Waals surface area contributed by atoms with E-state index in [1.807, 2.05) is 18.2 Å². The number of nitrogens with zero attached hydrogens (tertiary/aromatic N) is 1. The normalized spacial score (nSPS) is 12.2. The molecule has 32 heavy (non-hydrogen) atoms. The van der Waals surface area contributed by atoms with Crippen LogP contribution in [-0.2, 0) is 16.4 Å². The van der Waals surface area contributed by atoms with Gasteiger partial charge < -0.3 is 0 Å². The van der Waals surface area contributed by atoms with Crippen molar-refractivity contribution < 1.29 is 17.6 Å². The number of para-hydroxylation sites is 1. The Morgan fingerprint density at radius 1 is 0.969 bits per heavy atom. The predicted molar refractivity (Wildman–Crippen MR) is 122 cm³/mol. The van der Waals surface area contributed by atoms with Gasteiger partial charge in [-0.05, 0) is 42.0 Å². The van der Waals surface area contributed by atoms with Crippen LogP contribution in [0.15, 0.2) is 77.7 Å². The lowest BCUT2D eigenvalue weighted by molar-refractivity contribution is 0.102. The fourth-order valence-electron chi connectivity index (χ4n) is 3.57. The molecule has 1 amide bonds. The summed E-state index contributed by atoms with van der Waals surface area (Å²) in [5.41, 5.74) is 3.40. The lowest BCUT2D eigenvalue weighted by Gasteiger charge is -2.12. The topological polar surface area (TPSA) is 88.2 Å². The molecule has 0 saturated carbocycles. The van der Waals surface area contributed by atoms with Crippen LogP contribution in [0.2, 0.25) is 0 Å². The average Bonchev–Trinajstić information content (AvgIpc) is 3.31. The maximum Gasteiger partial charge on any atom is 0.261 e. The van der Waals surface area contributed by atoms with Crippen molar-refractivity contribution in [3.05, 3.63) is 94.6 Å². The largest absolute Gasteiger partial charge is 0.298 e. The van der Waals surface area contributed by atoms with Crippen molar-refractivity contribution in [3.8, 4) is 11.3 Å². The van der Waals surface area contributed by atoms with E-state index < -0.39 is 21.7 Å². The number of fused-ring (bicyclic) bond motifs is 3. The molecular formula is C23H16FN3O3S2. The van der Waals surface area contributed by atoms with E-state index >= 15 is 0 Å². The van der Waals surface area contributed by atoms with Crippen LogP contribution in [-0.4, -0.2) is 19.3 Å². The van der Waals surface area contributed by atoms with Crippen molar-refractivity contribution in [1.29, 1.82) is 0 Å². The third-order valence-electron chi connectivity index (χ3n) is 5.08. The lowest BCUT2D eigenvalue weighted by atomic mass is 10.1. The van der Waals surface area contributed by atoms with Gasteiger partial charge in [0.15, 0.2) is 5.13 Å². The molecule has 0 bridgehead atoms. The zero-order valence-corrected chi connectivity index (χ0v) is 18.1. The molecule has 6 nitrogen and oxygen atoms in total. The van der Waals surface area contributed by atoms with E-state index in [1.54, 1.807) is 12.1 Å². The van der Waals surface area contributed by atoms with Crippen molar-refractivity contribution >= 4 is 38.1 Å². The highest BCUT2D eigenvalue weighted by Gasteiger charge is 2.24. The van der Waals surface area contributed by atoms with Crippen molar-refractivity contribution in [2.24, 2.45) is 0 Å². The summed E-state index contributed by atoms with van der Waals surface area (Å²) in [4.78, 5) is 18.5. The number of aromatic nitrogens is 1. The first-order chi connectivity index (χ1) is 15.4. The number of rotatable bonds is 5. The Hall–Kier alpha value is -3.56. The van der Waals surface area contributed by atoms with Crippen molar-refractivity contribution in [3.63, 3.8) is 0 Å². The number of hydrogen-bond acceptors (Lipinski definition) is 5. The van der Waals surface area contributed by atoms with Crippen molar-refractivity contribution in [1.82, 2.24) is 4.98 Å². The molecule has 4 aromatic rings. The number of amides is 1. The Labute approximate surface area is 187 Å². The van der Waals surface area contributed by atoms with Crippen LogP contribution in [0, 0.1) is 5.82 Å². The second-order valence-electron chi connectivity index (χ2n) is 7.18. The Morgan fingerprint density at radius 2 is 1.69 bits per heavy atom. The van der Waals surface area contributed by atoms with Gasteiger partial charge in [-0.15, -0.1) is 11.3 Å². The van der Waals surface area contributed by atoms with Gasteiger partial charge in [0.05, 0.1) is 21.8 Å². The second-order valence-corrected chi connectivity index (χ2v) is 9.95. The molecule has 0 atom stereocenters. The molecule has 160 valence electrons. The van der Waals surface area contributed by atoms with Crippen molar-refractivity contribution in [2.45, 2.75) is 11.3 Å². The molecule has 0 saturated heterocycles. The first kappa shape index (κ1) is 20.3. The van der Waals surface area contributed by atoms with Gasteiger partial charge in [-0.2, -0.15) is 0 Å². The van der Waals surface area contributed by atoms with Gasteiger partial charge in [-0.1, -0.05) is 36.4 Å². The molecule has 0 spiro atoms. The van der Waals surface area contributed by atoms with E-state index in [9.17, 15) is 17.6 Å². The van der Waals surface area contributed by atoms with Crippen LogP contribution >= 0.6 is 11.3 Å². The number of halogens is 1. The third kappa shape index (κ3) is 3.76. The molecule has 1 aliphatic rings. The zero-order chi connectivity index (χ0) is 22.3. The Morgan fingerprint density at radius 3 is 2.50 bits per heavy atom. The Kier molecular flexibility index (Phi) is 4.99. The van der Waals surface area contributed by atoms with E-state index in [-0.39, 0.29) is 16.1 Å². The van der Waals surface area contributed by atoms with Crippen LogP contribution in [0.1, 0.15) is 20.8 Å². The molecule has 1 aromatic heterocycles. The van der Waals surface area contributed by atoms with Crippen LogP contribution in [0.5, 0.6) is 0 Å². The molecule has 0 aliphatic heterocycles. The summed E-state index contributed by atoms with van der Waals surface area (Å²) in [7, 11) is -4.00. The molecule has 9 heteroatoms. The van der Waals surface area contributed by atoms with Crippen LogP contribution in [0.4, 0.5) is 15.2 Å². The summed E-state index contributed by atoms with van der Waals surface area (Å²) in [5.74, 6) is -1.02. The number of nitrogens with one attached hydrogen (secondary N) is 2. The molecule has 0 radical (unpaired) electrons. The minimum atomic E-state index is -4.00. The highest BCUT2D eigenvalue weighted by molar-refractivity contribution is 7.92. The summed E-state index contributed by atoms with van der Waals surface area (Å²) >= 11 is 1.40. The number of sulfonamides is 1. The Bertz CT molecular complexity index is 1450. The molecule has 2 N–H and O–H groups in total. The maximum atomic E-state index is 13.1. The summed E-state index contributed by atoms with van der Waals surface area (Å²) in [6.45, 7) is 0. The number of anilines is 2. The van der Waals surface area contributed by atoms with Gasteiger partial charge >= 0.3 is 0 Å². The first-order valence-corrected chi connectivity index (χ1v) is 12.0. The molecule has 1 aliphatic carbocycles. The van der Waals surface area contributed by atoms with Gasteiger partial charge in [-0.25, -0.2) is 17.8 Å². The van der Waals surface area contributed by atoms with E-state index in [0.717, 1.165) is 46.8 Å². The highest BCUT2D eigenvalue weighted by Crippen LogP contribution is 2.41. The lowest BCUT2D eigenvalue weighted by Crippen LogP contribution is -2.18. The van der Waals surface area contributed by atoms with Crippen LogP contribution < -0.4 is 10.0 Å². The highest BCUT2D eigenvalue weighted by atomic mass is 32.2. The SMILES string of the molecule is O=C(Nc1nc2c(s1)Cc1ccccc1-2)c1ccccc1NS(=O)(=O)c1ccc(F)cc1. The van der Waals surface area contributed by atoms with Gasteiger partial charge in [0, 0.05) is 16.9 Å². The quantitative estimate of drug-likeness (QED) is 0.386. The van der Waals surface area contributed by atoms with E-state index in [0.29, 0.717) is 5.13 Å².